The SMILES string of the molecule is CN(C)C(N)N(C)C1=C(N)CC=CC=C1. The van der Waals surface area contributed by atoms with Crippen molar-refractivity contribution in [2.45, 2.75) is 12.7 Å². The standard InChI is InChI=1S/C11H20N4/c1-14(2)11(13)15(3)10-8-6-4-5-7-9(10)12/h4-6,8,11H,7,12-13H2,1-3H3. The van der Waals surface area contributed by atoms with Crippen LogP contribution in [0.2, 0.25) is 0 Å². The second-order valence-electron chi connectivity index (χ2n) is 3.89. The molecule has 84 valence electrons. The molecular formula is C11H20N4. The molecule has 0 aromatic heterocycles. The first kappa shape index (κ1) is 11.8. The quantitative estimate of drug-likeness (QED) is 0.660. The fourth-order valence-corrected chi connectivity index (χ4v) is 1.46. The van der Waals surface area contributed by atoms with Crippen LogP contribution in [0.15, 0.2) is 35.7 Å². The minimum absolute atomic E-state index is 0.165. The van der Waals surface area contributed by atoms with Crippen molar-refractivity contribution in [3.63, 3.8) is 0 Å². The van der Waals surface area contributed by atoms with Gasteiger partial charge in [-0.3, -0.25) is 10.6 Å². The lowest BCUT2D eigenvalue weighted by molar-refractivity contribution is 0.144. The Kier molecular flexibility index (Phi) is 3.94. The van der Waals surface area contributed by atoms with E-state index in [0.29, 0.717) is 0 Å². The fraction of sp³-hybridized carbons (Fsp3) is 0.455. The molecule has 0 aliphatic heterocycles. The van der Waals surface area contributed by atoms with Crippen molar-refractivity contribution >= 4 is 0 Å². The molecule has 15 heavy (non-hydrogen) atoms. The molecule has 4 heteroatoms. The monoisotopic (exact) mass is 208 g/mol. The predicted octanol–water partition coefficient (Wildman–Crippen LogP) is 0.409. The van der Waals surface area contributed by atoms with E-state index in [1.54, 1.807) is 0 Å². The summed E-state index contributed by atoms with van der Waals surface area (Å²) in [6.07, 6.45) is 8.60. The third-order valence-corrected chi connectivity index (χ3v) is 2.47. The Hall–Kier alpha value is -1.26. The molecule has 1 aliphatic carbocycles. The third-order valence-electron chi connectivity index (χ3n) is 2.47. The van der Waals surface area contributed by atoms with Gasteiger partial charge in [0.2, 0.25) is 0 Å². The molecule has 4 N–H and O–H groups in total. The zero-order chi connectivity index (χ0) is 11.4. The number of likely N-dealkylation sites (N-methyl/N-ethyl adjacent to an activating group) is 1. The highest BCUT2D eigenvalue weighted by Crippen LogP contribution is 2.15. The molecule has 0 spiro atoms. The van der Waals surface area contributed by atoms with Crippen LogP contribution in [0.5, 0.6) is 0 Å². The van der Waals surface area contributed by atoms with Gasteiger partial charge in [-0.1, -0.05) is 18.2 Å². The van der Waals surface area contributed by atoms with Gasteiger partial charge < -0.3 is 10.6 Å². The summed E-state index contributed by atoms with van der Waals surface area (Å²) in [5.41, 5.74) is 13.8. The third kappa shape index (κ3) is 2.84. The average Bonchev–Trinajstić information content (AvgIpc) is 2.40. The summed E-state index contributed by atoms with van der Waals surface area (Å²) in [5, 5.41) is 0. The molecule has 0 heterocycles. The summed E-state index contributed by atoms with van der Waals surface area (Å²) in [7, 11) is 5.83. The van der Waals surface area contributed by atoms with Gasteiger partial charge in [-0.15, -0.1) is 0 Å². The van der Waals surface area contributed by atoms with E-state index in [9.17, 15) is 0 Å². The van der Waals surface area contributed by atoms with Crippen LogP contribution < -0.4 is 11.5 Å². The van der Waals surface area contributed by atoms with E-state index in [4.69, 9.17) is 11.5 Å². The molecule has 0 bridgehead atoms. The predicted molar refractivity (Wildman–Crippen MR) is 63.5 cm³/mol. The summed E-state index contributed by atoms with van der Waals surface area (Å²) >= 11 is 0. The van der Waals surface area contributed by atoms with Crippen molar-refractivity contribution in [3.8, 4) is 0 Å². The Morgan fingerprint density at radius 2 is 1.93 bits per heavy atom. The zero-order valence-corrected chi connectivity index (χ0v) is 9.64. The number of nitrogens with zero attached hydrogens (tertiary/aromatic N) is 2. The molecule has 0 aromatic rings. The fourth-order valence-electron chi connectivity index (χ4n) is 1.46. The Labute approximate surface area is 91.5 Å². The molecule has 1 rings (SSSR count). The van der Waals surface area contributed by atoms with Gasteiger partial charge in [0.25, 0.3) is 0 Å². The van der Waals surface area contributed by atoms with Gasteiger partial charge in [-0.2, -0.15) is 0 Å². The highest BCUT2D eigenvalue weighted by molar-refractivity contribution is 5.30. The van der Waals surface area contributed by atoms with Crippen molar-refractivity contribution in [1.29, 1.82) is 0 Å². The van der Waals surface area contributed by atoms with Gasteiger partial charge in [0.05, 0.1) is 5.70 Å². The maximum absolute atomic E-state index is 6.01. The van der Waals surface area contributed by atoms with Crippen molar-refractivity contribution < 1.29 is 0 Å². The van der Waals surface area contributed by atoms with Crippen LogP contribution in [0, 0.1) is 0 Å². The van der Waals surface area contributed by atoms with Gasteiger partial charge in [0, 0.05) is 19.2 Å². The lowest BCUT2D eigenvalue weighted by atomic mass is 10.2. The Bertz CT molecular complexity index is 302. The van der Waals surface area contributed by atoms with Crippen LogP contribution in [0.3, 0.4) is 0 Å². The van der Waals surface area contributed by atoms with E-state index < -0.39 is 0 Å². The summed E-state index contributed by atoms with van der Waals surface area (Å²) in [6.45, 7) is 0. The normalized spacial score (nSPS) is 18.2. The van der Waals surface area contributed by atoms with E-state index in [2.05, 4.69) is 0 Å². The largest absolute Gasteiger partial charge is 0.400 e. The minimum atomic E-state index is -0.165. The van der Waals surface area contributed by atoms with Crippen LogP contribution in [-0.2, 0) is 0 Å². The van der Waals surface area contributed by atoms with E-state index in [1.807, 2.05) is 55.2 Å². The first-order valence-corrected chi connectivity index (χ1v) is 5.00. The first-order valence-electron chi connectivity index (χ1n) is 5.00. The number of hydrogen-bond donors (Lipinski definition) is 2. The van der Waals surface area contributed by atoms with Crippen LogP contribution in [0.4, 0.5) is 0 Å². The first-order chi connectivity index (χ1) is 7.04. The number of rotatable bonds is 3. The number of nitrogens with two attached hydrogens (primary N) is 2. The summed E-state index contributed by atoms with van der Waals surface area (Å²) < 4.78 is 0. The second kappa shape index (κ2) is 5.00. The van der Waals surface area contributed by atoms with E-state index in [1.165, 1.54) is 0 Å². The maximum atomic E-state index is 6.01. The zero-order valence-electron chi connectivity index (χ0n) is 9.64. The summed E-state index contributed by atoms with van der Waals surface area (Å²) in [4.78, 5) is 3.91. The Morgan fingerprint density at radius 1 is 1.27 bits per heavy atom. The smallest absolute Gasteiger partial charge is 0.134 e. The maximum Gasteiger partial charge on any atom is 0.134 e. The van der Waals surface area contributed by atoms with Gasteiger partial charge in [0.15, 0.2) is 0 Å². The van der Waals surface area contributed by atoms with Crippen molar-refractivity contribution in [1.82, 2.24) is 9.80 Å². The van der Waals surface area contributed by atoms with Crippen molar-refractivity contribution in [2.75, 3.05) is 21.1 Å². The van der Waals surface area contributed by atoms with E-state index in [-0.39, 0.29) is 6.29 Å². The molecule has 0 aromatic carbocycles. The minimum Gasteiger partial charge on any atom is -0.400 e. The second-order valence-corrected chi connectivity index (χ2v) is 3.89. The lowest BCUT2D eigenvalue weighted by Crippen LogP contribution is -2.49. The summed E-state index contributed by atoms with van der Waals surface area (Å²) in [5.74, 6) is 0. The average molecular weight is 208 g/mol. The van der Waals surface area contributed by atoms with Crippen molar-refractivity contribution in [2.24, 2.45) is 11.5 Å². The van der Waals surface area contributed by atoms with E-state index in [0.717, 1.165) is 17.8 Å². The molecule has 1 atom stereocenters. The van der Waals surface area contributed by atoms with Gasteiger partial charge in [-0.25, -0.2) is 0 Å². The molecule has 0 saturated heterocycles. The van der Waals surface area contributed by atoms with Crippen LogP contribution >= 0.6 is 0 Å². The molecule has 1 unspecified atom stereocenters. The topological polar surface area (TPSA) is 58.5 Å². The van der Waals surface area contributed by atoms with Gasteiger partial charge >= 0.3 is 0 Å². The van der Waals surface area contributed by atoms with Crippen LogP contribution in [0.1, 0.15) is 6.42 Å². The van der Waals surface area contributed by atoms with Gasteiger partial charge in [-0.05, 0) is 20.2 Å². The summed E-state index contributed by atoms with van der Waals surface area (Å²) in [6, 6.07) is 0. The highest BCUT2D eigenvalue weighted by Gasteiger charge is 2.15. The molecule has 0 saturated carbocycles. The Balaban J connectivity index is 2.86. The van der Waals surface area contributed by atoms with Crippen LogP contribution in [0.25, 0.3) is 0 Å². The number of allylic oxidation sites excluding steroid dienone is 4. The van der Waals surface area contributed by atoms with E-state index >= 15 is 0 Å². The van der Waals surface area contributed by atoms with Crippen LogP contribution in [-0.4, -0.2) is 37.2 Å². The molecule has 0 fully saturated rings. The molecule has 0 amide bonds. The van der Waals surface area contributed by atoms with Gasteiger partial charge in [0.1, 0.15) is 6.29 Å². The molecule has 0 radical (unpaired) electrons. The van der Waals surface area contributed by atoms with Crippen molar-refractivity contribution in [3.05, 3.63) is 35.7 Å². The highest BCUT2D eigenvalue weighted by atomic mass is 15.4. The number of hydrogen-bond acceptors (Lipinski definition) is 4. The molecular weight excluding hydrogens is 188 g/mol. The lowest BCUT2D eigenvalue weighted by Gasteiger charge is -2.32. The Morgan fingerprint density at radius 3 is 2.53 bits per heavy atom. The molecule has 1 aliphatic rings. The molecule has 4 nitrogen and oxygen atoms in total.